The Labute approximate surface area is 149 Å². The van der Waals surface area contributed by atoms with Crippen molar-refractivity contribution in [3.05, 3.63) is 47.0 Å². The molecule has 3 rings (SSSR count). The maximum absolute atomic E-state index is 11.2. The highest BCUT2D eigenvalue weighted by molar-refractivity contribution is 7.88. The molecule has 136 valence electrons. The van der Waals surface area contributed by atoms with Crippen molar-refractivity contribution in [3.63, 3.8) is 0 Å². The van der Waals surface area contributed by atoms with E-state index in [1.807, 2.05) is 16.9 Å². The molecule has 25 heavy (non-hydrogen) atoms. The maximum atomic E-state index is 11.2. The van der Waals surface area contributed by atoms with Crippen molar-refractivity contribution in [2.24, 2.45) is 0 Å². The van der Waals surface area contributed by atoms with E-state index >= 15 is 0 Å². The minimum Gasteiger partial charge on any atom is -0.292 e. The summed E-state index contributed by atoms with van der Waals surface area (Å²) < 4.78 is 27.0. The molecule has 1 N–H and O–H groups in total. The van der Waals surface area contributed by atoms with Crippen LogP contribution >= 0.6 is 0 Å². The first-order chi connectivity index (χ1) is 11.9. The lowest BCUT2D eigenvalue weighted by atomic mass is 10.2. The summed E-state index contributed by atoms with van der Waals surface area (Å²) in [6.07, 6.45) is 5.13. The van der Waals surface area contributed by atoms with Crippen LogP contribution in [-0.4, -0.2) is 40.9 Å². The van der Waals surface area contributed by atoms with E-state index in [1.54, 1.807) is 0 Å². The highest BCUT2D eigenvalue weighted by Gasteiger charge is 2.17. The van der Waals surface area contributed by atoms with Crippen molar-refractivity contribution in [1.29, 1.82) is 0 Å². The van der Waals surface area contributed by atoms with Crippen LogP contribution in [-0.2, 0) is 42.6 Å². The number of aromatic nitrogens is 3. The third kappa shape index (κ3) is 5.10. The second kappa shape index (κ2) is 7.63. The van der Waals surface area contributed by atoms with E-state index in [4.69, 9.17) is 0 Å². The summed E-state index contributed by atoms with van der Waals surface area (Å²) in [6, 6.07) is 6.23. The Morgan fingerprint density at radius 3 is 2.76 bits per heavy atom. The molecule has 8 heteroatoms. The van der Waals surface area contributed by atoms with Crippen molar-refractivity contribution in [1.82, 2.24) is 24.4 Å². The number of sulfonamides is 1. The third-order valence-corrected chi connectivity index (χ3v) is 5.01. The third-order valence-electron chi connectivity index (χ3n) is 4.34. The molecule has 0 radical (unpaired) electrons. The number of nitrogens with one attached hydrogen (secondary N) is 1. The van der Waals surface area contributed by atoms with E-state index in [0.29, 0.717) is 0 Å². The van der Waals surface area contributed by atoms with Crippen LogP contribution in [0.1, 0.15) is 36.0 Å². The fourth-order valence-corrected chi connectivity index (χ4v) is 3.41. The second-order valence-corrected chi connectivity index (χ2v) is 8.35. The van der Waals surface area contributed by atoms with Gasteiger partial charge in [-0.15, -0.1) is 0 Å². The quantitative estimate of drug-likeness (QED) is 0.837. The Morgan fingerprint density at radius 2 is 2.08 bits per heavy atom. The second-order valence-electron chi connectivity index (χ2n) is 6.52. The van der Waals surface area contributed by atoms with Gasteiger partial charge in [-0.3, -0.25) is 14.6 Å². The lowest BCUT2D eigenvalue weighted by Gasteiger charge is -2.19. The summed E-state index contributed by atoms with van der Waals surface area (Å²) in [6.45, 7) is 5.82. The molecule has 0 amide bonds. The number of pyridine rings is 1. The van der Waals surface area contributed by atoms with Crippen LogP contribution in [0.25, 0.3) is 0 Å². The van der Waals surface area contributed by atoms with Gasteiger partial charge < -0.3 is 0 Å². The van der Waals surface area contributed by atoms with Crippen LogP contribution in [0.15, 0.2) is 24.4 Å². The van der Waals surface area contributed by atoms with E-state index in [2.05, 4.69) is 38.8 Å². The number of aryl methyl sites for hydroxylation is 2. The van der Waals surface area contributed by atoms with E-state index in [-0.39, 0.29) is 6.54 Å². The lowest BCUT2D eigenvalue weighted by Crippen LogP contribution is -2.23. The van der Waals surface area contributed by atoms with Gasteiger partial charge in [0.15, 0.2) is 0 Å². The zero-order valence-corrected chi connectivity index (χ0v) is 15.6. The van der Waals surface area contributed by atoms with Crippen LogP contribution in [0.3, 0.4) is 0 Å². The Morgan fingerprint density at radius 1 is 1.24 bits per heavy atom. The monoisotopic (exact) mass is 363 g/mol. The van der Waals surface area contributed by atoms with Crippen LogP contribution in [0.2, 0.25) is 0 Å². The van der Waals surface area contributed by atoms with E-state index < -0.39 is 10.0 Å². The molecule has 0 saturated carbocycles. The number of rotatable bonds is 6. The Bertz CT molecular complexity index is 814. The van der Waals surface area contributed by atoms with Gasteiger partial charge in [0.25, 0.3) is 0 Å². The first kappa shape index (κ1) is 18.0. The summed E-state index contributed by atoms with van der Waals surface area (Å²) in [5.74, 6) is 0. The summed E-state index contributed by atoms with van der Waals surface area (Å²) in [4.78, 5) is 6.91. The molecule has 2 aromatic heterocycles. The predicted molar refractivity (Wildman–Crippen MR) is 96.3 cm³/mol. The van der Waals surface area contributed by atoms with Gasteiger partial charge in [-0.25, -0.2) is 13.1 Å². The maximum Gasteiger partial charge on any atom is 0.209 e. The van der Waals surface area contributed by atoms with Gasteiger partial charge >= 0.3 is 0 Å². The Balaban J connectivity index is 1.66. The molecule has 3 heterocycles. The zero-order valence-electron chi connectivity index (χ0n) is 14.8. The van der Waals surface area contributed by atoms with Gasteiger partial charge in [-0.2, -0.15) is 5.10 Å². The Hall–Kier alpha value is -1.77. The van der Waals surface area contributed by atoms with Crippen LogP contribution < -0.4 is 4.72 Å². The molecular weight excluding hydrogens is 338 g/mol. The molecule has 0 fully saturated rings. The molecule has 1 aliphatic heterocycles. The molecule has 0 aliphatic carbocycles. The molecule has 1 aliphatic rings. The molecule has 0 unspecified atom stereocenters. The van der Waals surface area contributed by atoms with Crippen LogP contribution in [0.5, 0.6) is 0 Å². The molecule has 7 nitrogen and oxygen atoms in total. The number of nitrogens with zero attached hydrogens (tertiary/aromatic N) is 4. The fourth-order valence-electron chi connectivity index (χ4n) is 3.00. The van der Waals surface area contributed by atoms with E-state index in [1.165, 1.54) is 5.56 Å². The highest BCUT2D eigenvalue weighted by Crippen LogP contribution is 2.16. The smallest absolute Gasteiger partial charge is 0.209 e. The van der Waals surface area contributed by atoms with Gasteiger partial charge in [-0.05, 0) is 30.5 Å². The number of fused-ring (bicyclic) bond motifs is 1. The van der Waals surface area contributed by atoms with Crippen molar-refractivity contribution in [2.45, 2.75) is 45.9 Å². The van der Waals surface area contributed by atoms with Gasteiger partial charge in [0.05, 0.1) is 29.9 Å². The molecule has 2 aromatic rings. The van der Waals surface area contributed by atoms with Gasteiger partial charge in [0.2, 0.25) is 10.0 Å². The van der Waals surface area contributed by atoms with E-state index in [9.17, 15) is 8.42 Å². The summed E-state index contributed by atoms with van der Waals surface area (Å²) in [5.41, 5.74) is 4.20. The Kier molecular flexibility index (Phi) is 5.51. The van der Waals surface area contributed by atoms with Gasteiger partial charge in [0.1, 0.15) is 0 Å². The minimum absolute atomic E-state index is 0.235. The first-order valence-corrected chi connectivity index (χ1v) is 10.5. The van der Waals surface area contributed by atoms with Crippen LogP contribution in [0, 0.1) is 0 Å². The average Bonchev–Trinajstić information content (AvgIpc) is 2.85. The molecule has 0 saturated heterocycles. The lowest BCUT2D eigenvalue weighted by molar-refractivity contribution is 0.258. The van der Waals surface area contributed by atoms with Gasteiger partial charge in [0, 0.05) is 32.4 Å². The summed E-state index contributed by atoms with van der Waals surface area (Å²) >= 11 is 0. The summed E-state index contributed by atoms with van der Waals surface area (Å²) in [5, 5.41) is 4.53. The number of hydrogen-bond acceptors (Lipinski definition) is 5. The normalized spacial score (nSPS) is 15.8. The van der Waals surface area contributed by atoms with Gasteiger partial charge in [-0.1, -0.05) is 13.0 Å². The van der Waals surface area contributed by atoms with Crippen molar-refractivity contribution >= 4 is 10.0 Å². The molecular formula is C17H25N5O2S. The predicted octanol–water partition coefficient (Wildman–Crippen LogP) is 1.30. The van der Waals surface area contributed by atoms with E-state index in [0.717, 1.165) is 62.4 Å². The topological polar surface area (TPSA) is 80.1 Å². The molecule has 0 aromatic carbocycles. The molecule has 0 spiro atoms. The number of hydrogen-bond donors (Lipinski definition) is 1. The van der Waals surface area contributed by atoms with Crippen LogP contribution in [0.4, 0.5) is 0 Å². The SMILES string of the molecule is CCc1ccc(CN2CCCn3nc(CNS(C)(=O)=O)cc3C2)nc1. The minimum atomic E-state index is -3.21. The highest BCUT2D eigenvalue weighted by atomic mass is 32.2. The summed E-state index contributed by atoms with van der Waals surface area (Å²) in [7, 11) is -3.21. The van der Waals surface area contributed by atoms with Crippen molar-refractivity contribution in [2.75, 3.05) is 12.8 Å². The molecule has 0 bridgehead atoms. The first-order valence-electron chi connectivity index (χ1n) is 8.59. The average molecular weight is 363 g/mol. The largest absolute Gasteiger partial charge is 0.292 e. The molecule has 0 atom stereocenters. The fraction of sp³-hybridized carbons (Fsp3) is 0.529. The standard InChI is InChI=1S/C17H25N5O2S/c1-3-14-5-6-15(18-10-14)12-21-7-4-8-22-17(13-21)9-16(20-22)11-19-25(2,23)24/h5-6,9-10,19H,3-4,7-8,11-13H2,1-2H3. The van der Waals surface area contributed by atoms with Crippen molar-refractivity contribution in [3.8, 4) is 0 Å². The van der Waals surface area contributed by atoms with Crippen molar-refractivity contribution < 1.29 is 8.42 Å². The zero-order chi connectivity index (χ0) is 17.9.